The van der Waals surface area contributed by atoms with Crippen LogP contribution in [0.5, 0.6) is 11.5 Å². The third-order valence-electron chi connectivity index (χ3n) is 3.91. The monoisotopic (exact) mass is 479 g/mol. The standard InChI is InChI=1S/C23H33N3O8/c1-15(2)21(27)30-11-20(12-31-22(28)16(3)4)34-23(29)26-10-17-7-18(32-13-24-5)9-19(8-17)33-14-25-6/h7-9,20,24-25H,1,3,10-14H2,2,4-6H3,(H,26,29). The lowest BCUT2D eigenvalue weighted by atomic mass is 10.2. The number of benzene rings is 1. The summed E-state index contributed by atoms with van der Waals surface area (Å²) in [5, 5.41) is 8.35. The lowest BCUT2D eigenvalue weighted by Crippen LogP contribution is -2.35. The smallest absolute Gasteiger partial charge is 0.407 e. The Morgan fingerprint density at radius 2 is 1.32 bits per heavy atom. The van der Waals surface area contributed by atoms with E-state index >= 15 is 0 Å². The van der Waals surface area contributed by atoms with Gasteiger partial charge in [-0.2, -0.15) is 0 Å². The molecule has 11 nitrogen and oxygen atoms in total. The van der Waals surface area contributed by atoms with Crippen molar-refractivity contribution in [2.75, 3.05) is 40.8 Å². The molecule has 1 aromatic carbocycles. The Labute approximate surface area is 199 Å². The quantitative estimate of drug-likeness (QED) is 0.147. The number of ether oxygens (including phenoxy) is 5. The molecule has 0 aliphatic heterocycles. The van der Waals surface area contributed by atoms with Crippen LogP contribution in [0, 0.1) is 0 Å². The topological polar surface area (TPSA) is 133 Å². The summed E-state index contributed by atoms with van der Waals surface area (Å²) in [6.07, 6.45) is -1.84. The van der Waals surface area contributed by atoms with Crippen molar-refractivity contribution < 1.29 is 38.1 Å². The van der Waals surface area contributed by atoms with Gasteiger partial charge in [0.1, 0.15) is 38.2 Å². The van der Waals surface area contributed by atoms with E-state index in [0.717, 1.165) is 0 Å². The number of carbonyl (C=O) groups excluding carboxylic acids is 3. The van der Waals surface area contributed by atoms with E-state index in [0.29, 0.717) is 17.1 Å². The molecule has 0 heterocycles. The Hall–Kier alpha value is -3.57. The van der Waals surface area contributed by atoms with Crippen molar-refractivity contribution >= 4 is 18.0 Å². The van der Waals surface area contributed by atoms with Gasteiger partial charge >= 0.3 is 18.0 Å². The van der Waals surface area contributed by atoms with Crippen molar-refractivity contribution in [1.29, 1.82) is 0 Å². The number of rotatable bonds is 15. The Bertz CT molecular complexity index is 816. The minimum Gasteiger partial charge on any atom is -0.478 e. The highest BCUT2D eigenvalue weighted by atomic mass is 16.6. The molecule has 0 fully saturated rings. The molecule has 188 valence electrons. The average molecular weight is 480 g/mol. The lowest BCUT2D eigenvalue weighted by Gasteiger charge is -2.19. The van der Waals surface area contributed by atoms with Crippen LogP contribution in [0.15, 0.2) is 42.5 Å². The molecule has 0 aromatic heterocycles. The van der Waals surface area contributed by atoms with Gasteiger partial charge in [-0.25, -0.2) is 14.4 Å². The second kappa shape index (κ2) is 15.3. The van der Waals surface area contributed by atoms with Gasteiger partial charge in [-0.1, -0.05) is 13.2 Å². The number of esters is 2. The molecular formula is C23H33N3O8. The first-order valence-corrected chi connectivity index (χ1v) is 10.4. The largest absolute Gasteiger partial charge is 0.478 e. The van der Waals surface area contributed by atoms with Crippen LogP contribution in [0.2, 0.25) is 0 Å². The molecule has 0 spiro atoms. The van der Waals surface area contributed by atoms with Gasteiger partial charge in [-0.3, -0.25) is 10.6 Å². The summed E-state index contributed by atoms with van der Waals surface area (Å²) in [6, 6.07) is 5.20. The molecule has 0 aliphatic carbocycles. The zero-order chi connectivity index (χ0) is 25.5. The summed E-state index contributed by atoms with van der Waals surface area (Å²) in [4.78, 5) is 35.7. The van der Waals surface area contributed by atoms with Crippen molar-refractivity contribution in [2.45, 2.75) is 26.5 Å². The van der Waals surface area contributed by atoms with E-state index in [-0.39, 0.29) is 44.4 Å². The number of amides is 1. The Kier molecular flexibility index (Phi) is 12.8. The second-order valence-corrected chi connectivity index (χ2v) is 7.24. The second-order valence-electron chi connectivity index (χ2n) is 7.24. The molecule has 0 unspecified atom stereocenters. The predicted molar refractivity (Wildman–Crippen MR) is 124 cm³/mol. The van der Waals surface area contributed by atoms with Crippen LogP contribution >= 0.6 is 0 Å². The summed E-state index contributed by atoms with van der Waals surface area (Å²) < 4.78 is 26.5. The maximum absolute atomic E-state index is 12.4. The Balaban J connectivity index is 2.78. The van der Waals surface area contributed by atoms with Gasteiger partial charge in [-0.05, 0) is 45.6 Å². The maximum atomic E-state index is 12.4. The number of carbonyl (C=O) groups is 3. The molecule has 1 amide bonds. The predicted octanol–water partition coefficient (Wildman–Crippen LogP) is 1.63. The van der Waals surface area contributed by atoms with E-state index in [1.165, 1.54) is 13.8 Å². The molecule has 0 atom stereocenters. The van der Waals surface area contributed by atoms with Crippen molar-refractivity contribution in [1.82, 2.24) is 16.0 Å². The van der Waals surface area contributed by atoms with Crippen LogP contribution in [-0.2, 0) is 30.3 Å². The molecular weight excluding hydrogens is 446 g/mol. The normalized spacial score (nSPS) is 10.3. The van der Waals surface area contributed by atoms with Crippen LogP contribution in [0.25, 0.3) is 0 Å². The number of hydrogen-bond acceptors (Lipinski definition) is 10. The Morgan fingerprint density at radius 3 is 1.74 bits per heavy atom. The van der Waals surface area contributed by atoms with E-state index < -0.39 is 24.1 Å². The maximum Gasteiger partial charge on any atom is 0.407 e. The molecule has 0 bridgehead atoms. The zero-order valence-corrected chi connectivity index (χ0v) is 20.0. The molecule has 1 aromatic rings. The molecule has 11 heteroatoms. The summed E-state index contributed by atoms with van der Waals surface area (Å²) in [5.74, 6) is -0.228. The van der Waals surface area contributed by atoms with Crippen molar-refractivity contribution in [3.63, 3.8) is 0 Å². The summed E-state index contributed by atoms with van der Waals surface area (Å²) in [7, 11) is 3.50. The molecule has 0 saturated heterocycles. The first-order valence-electron chi connectivity index (χ1n) is 10.4. The highest BCUT2D eigenvalue weighted by Crippen LogP contribution is 2.23. The van der Waals surface area contributed by atoms with Gasteiger partial charge in [0.05, 0.1) is 0 Å². The molecule has 0 aliphatic rings. The van der Waals surface area contributed by atoms with E-state index in [2.05, 4.69) is 29.1 Å². The van der Waals surface area contributed by atoms with Gasteiger partial charge in [0.25, 0.3) is 0 Å². The van der Waals surface area contributed by atoms with E-state index in [4.69, 9.17) is 23.7 Å². The zero-order valence-electron chi connectivity index (χ0n) is 20.0. The fourth-order valence-electron chi connectivity index (χ4n) is 2.28. The van der Waals surface area contributed by atoms with Crippen molar-refractivity contribution in [3.8, 4) is 11.5 Å². The summed E-state index contributed by atoms with van der Waals surface area (Å²) in [6.45, 7) is 9.96. The number of nitrogens with one attached hydrogen (secondary N) is 3. The van der Waals surface area contributed by atoms with Crippen LogP contribution in [0.1, 0.15) is 19.4 Å². The first kappa shape index (κ1) is 28.5. The molecule has 3 N–H and O–H groups in total. The third-order valence-corrected chi connectivity index (χ3v) is 3.91. The lowest BCUT2D eigenvalue weighted by molar-refractivity contribution is -0.147. The average Bonchev–Trinajstić information content (AvgIpc) is 2.80. The van der Waals surface area contributed by atoms with E-state index in [9.17, 15) is 14.4 Å². The van der Waals surface area contributed by atoms with Gasteiger partial charge < -0.3 is 29.0 Å². The fraction of sp³-hybridized carbons (Fsp3) is 0.435. The van der Waals surface area contributed by atoms with Crippen LogP contribution in [0.3, 0.4) is 0 Å². The van der Waals surface area contributed by atoms with Gasteiger partial charge in [0.2, 0.25) is 0 Å². The van der Waals surface area contributed by atoms with Gasteiger partial charge in [-0.15, -0.1) is 0 Å². The van der Waals surface area contributed by atoms with Crippen LogP contribution in [-0.4, -0.2) is 64.9 Å². The van der Waals surface area contributed by atoms with Crippen LogP contribution < -0.4 is 25.4 Å². The molecule has 0 saturated carbocycles. The van der Waals surface area contributed by atoms with Crippen molar-refractivity contribution in [3.05, 3.63) is 48.1 Å². The SMILES string of the molecule is C=C(C)C(=O)OCC(COC(=O)C(=C)C)OC(=O)NCc1cc(OCNC)cc(OCNC)c1. The van der Waals surface area contributed by atoms with Gasteiger partial charge in [0, 0.05) is 23.8 Å². The fourth-order valence-corrected chi connectivity index (χ4v) is 2.28. The van der Waals surface area contributed by atoms with Crippen LogP contribution in [0.4, 0.5) is 4.79 Å². The van der Waals surface area contributed by atoms with Gasteiger partial charge in [0.15, 0.2) is 6.10 Å². The minimum atomic E-state index is -1.04. The Morgan fingerprint density at radius 1 is 0.853 bits per heavy atom. The molecule has 1 rings (SSSR count). The number of hydrogen-bond donors (Lipinski definition) is 3. The third kappa shape index (κ3) is 11.3. The highest BCUT2D eigenvalue weighted by molar-refractivity contribution is 5.87. The first-order chi connectivity index (χ1) is 16.2. The highest BCUT2D eigenvalue weighted by Gasteiger charge is 2.20. The molecule has 0 radical (unpaired) electrons. The number of alkyl carbamates (subject to hydrolysis) is 1. The summed E-state index contributed by atoms with van der Waals surface area (Å²) in [5.41, 5.74) is 1.05. The van der Waals surface area contributed by atoms with Crippen molar-refractivity contribution in [2.24, 2.45) is 0 Å². The molecule has 34 heavy (non-hydrogen) atoms. The summed E-state index contributed by atoms with van der Waals surface area (Å²) >= 11 is 0. The minimum absolute atomic E-state index is 0.0926. The van der Waals surface area contributed by atoms with E-state index in [1.54, 1.807) is 32.3 Å². The van der Waals surface area contributed by atoms with E-state index in [1.807, 2.05) is 0 Å².